The van der Waals surface area contributed by atoms with E-state index in [-0.39, 0.29) is 18.9 Å². The molecule has 0 saturated heterocycles. The van der Waals surface area contributed by atoms with E-state index in [9.17, 15) is 4.79 Å². The summed E-state index contributed by atoms with van der Waals surface area (Å²) in [6.07, 6.45) is 0. The predicted molar refractivity (Wildman–Crippen MR) is 79.8 cm³/mol. The molecule has 1 unspecified atom stereocenters. The lowest BCUT2D eigenvalue weighted by atomic mass is 10.2. The fraction of sp³-hybridized carbons (Fsp3) is 0.312. The maximum Gasteiger partial charge on any atom is 0.315 e. The Kier molecular flexibility index (Phi) is 3.91. The van der Waals surface area contributed by atoms with Crippen molar-refractivity contribution in [2.45, 2.75) is 26.4 Å². The normalized spacial score (nSPS) is 13.7. The van der Waals surface area contributed by atoms with Crippen LogP contribution in [0.25, 0.3) is 0 Å². The van der Waals surface area contributed by atoms with Gasteiger partial charge < -0.3 is 24.5 Å². The number of hydrogen-bond donors (Lipinski definition) is 2. The summed E-state index contributed by atoms with van der Waals surface area (Å²) in [6.45, 7) is 4.40. The monoisotopic (exact) mass is 302 g/mol. The summed E-state index contributed by atoms with van der Waals surface area (Å²) in [6, 6.07) is 8.89. The molecule has 1 aliphatic rings. The van der Waals surface area contributed by atoms with E-state index in [4.69, 9.17) is 13.9 Å². The maximum atomic E-state index is 11.9. The van der Waals surface area contributed by atoms with Crippen LogP contribution >= 0.6 is 0 Å². The fourth-order valence-electron chi connectivity index (χ4n) is 2.24. The van der Waals surface area contributed by atoms with E-state index in [0.29, 0.717) is 12.3 Å². The molecule has 6 heteroatoms. The Morgan fingerprint density at radius 1 is 1.23 bits per heavy atom. The first-order chi connectivity index (χ1) is 10.6. The van der Waals surface area contributed by atoms with E-state index in [2.05, 4.69) is 10.6 Å². The number of rotatable bonds is 4. The lowest BCUT2D eigenvalue weighted by Gasteiger charge is -2.12. The first kappa shape index (κ1) is 14.3. The number of ether oxygens (including phenoxy) is 2. The molecule has 0 spiro atoms. The number of urea groups is 1. The molecule has 1 aromatic carbocycles. The molecule has 1 aromatic heterocycles. The summed E-state index contributed by atoms with van der Waals surface area (Å²) in [5, 5.41) is 5.64. The number of nitrogens with one attached hydrogen (secondary N) is 2. The molecule has 0 bridgehead atoms. The van der Waals surface area contributed by atoms with Crippen LogP contribution in [0.15, 0.2) is 34.7 Å². The summed E-state index contributed by atoms with van der Waals surface area (Å²) < 4.78 is 16.0. The number of aryl methyl sites for hydroxylation is 1. The number of carbonyl (C=O) groups excluding carboxylic acids is 1. The number of amides is 2. The zero-order valence-electron chi connectivity index (χ0n) is 12.5. The van der Waals surface area contributed by atoms with Gasteiger partial charge in [-0.3, -0.25) is 0 Å². The second-order valence-corrected chi connectivity index (χ2v) is 5.18. The number of carbonyl (C=O) groups is 1. The summed E-state index contributed by atoms with van der Waals surface area (Å²) >= 11 is 0. The highest BCUT2D eigenvalue weighted by Crippen LogP contribution is 2.32. The molecular weight excluding hydrogens is 284 g/mol. The second kappa shape index (κ2) is 6.01. The molecule has 0 fully saturated rings. The fourth-order valence-corrected chi connectivity index (χ4v) is 2.24. The van der Waals surface area contributed by atoms with E-state index in [0.717, 1.165) is 22.8 Å². The molecule has 1 atom stereocenters. The molecule has 2 N–H and O–H groups in total. The third kappa shape index (κ3) is 3.16. The van der Waals surface area contributed by atoms with E-state index in [1.165, 1.54) is 0 Å². The van der Waals surface area contributed by atoms with E-state index < -0.39 is 0 Å². The van der Waals surface area contributed by atoms with Gasteiger partial charge in [0.1, 0.15) is 11.5 Å². The van der Waals surface area contributed by atoms with Gasteiger partial charge in [-0.2, -0.15) is 0 Å². The van der Waals surface area contributed by atoms with Crippen LogP contribution in [0.2, 0.25) is 0 Å². The smallest absolute Gasteiger partial charge is 0.315 e. The minimum Gasteiger partial charge on any atom is -0.464 e. The highest BCUT2D eigenvalue weighted by atomic mass is 16.7. The van der Waals surface area contributed by atoms with E-state index >= 15 is 0 Å². The van der Waals surface area contributed by atoms with Crippen molar-refractivity contribution in [3.8, 4) is 11.5 Å². The van der Waals surface area contributed by atoms with Gasteiger partial charge >= 0.3 is 6.03 Å². The standard InChI is InChI=1S/C16H18N2O4/c1-10-3-5-13(22-10)11(2)18-16(19)17-8-12-4-6-14-15(7-12)21-9-20-14/h3-7,11H,8-9H2,1-2H3,(H2,17,18,19). The molecule has 2 aromatic rings. The van der Waals surface area contributed by atoms with Gasteiger partial charge in [-0.1, -0.05) is 6.07 Å². The summed E-state index contributed by atoms with van der Waals surface area (Å²) in [5.41, 5.74) is 0.945. The van der Waals surface area contributed by atoms with Crippen molar-refractivity contribution in [2.75, 3.05) is 6.79 Å². The van der Waals surface area contributed by atoms with Gasteiger partial charge in [0.05, 0.1) is 6.04 Å². The molecule has 2 heterocycles. The van der Waals surface area contributed by atoms with Gasteiger partial charge in [0.2, 0.25) is 6.79 Å². The van der Waals surface area contributed by atoms with Crippen LogP contribution in [0.5, 0.6) is 11.5 Å². The van der Waals surface area contributed by atoms with Crippen LogP contribution in [0.1, 0.15) is 30.0 Å². The average Bonchev–Trinajstić information content (AvgIpc) is 3.13. The minimum absolute atomic E-state index is 0.189. The molecule has 22 heavy (non-hydrogen) atoms. The van der Waals surface area contributed by atoms with Crippen molar-refractivity contribution in [3.05, 3.63) is 47.4 Å². The van der Waals surface area contributed by atoms with Crippen molar-refractivity contribution >= 4 is 6.03 Å². The zero-order valence-corrected chi connectivity index (χ0v) is 12.5. The zero-order chi connectivity index (χ0) is 15.5. The summed E-state index contributed by atoms with van der Waals surface area (Å²) in [7, 11) is 0. The molecule has 1 aliphatic heterocycles. The lowest BCUT2D eigenvalue weighted by molar-refractivity contribution is 0.174. The van der Waals surface area contributed by atoms with E-state index in [1.807, 2.05) is 44.2 Å². The Bertz CT molecular complexity index is 681. The Labute approximate surface area is 128 Å². The molecule has 6 nitrogen and oxygen atoms in total. The van der Waals surface area contributed by atoms with Gasteiger partial charge in [-0.05, 0) is 43.7 Å². The SMILES string of the molecule is Cc1ccc(C(C)NC(=O)NCc2ccc3c(c2)OCO3)o1. The maximum absolute atomic E-state index is 11.9. The molecule has 0 radical (unpaired) electrons. The van der Waals surface area contributed by atoms with Crippen LogP contribution in [0, 0.1) is 6.92 Å². The van der Waals surface area contributed by atoms with Crippen molar-refractivity contribution in [1.82, 2.24) is 10.6 Å². The van der Waals surface area contributed by atoms with Crippen molar-refractivity contribution < 1.29 is 18.7 Å². The molecule has 0 aliphatic carbocycles. The molecule has 2 amide bonds. The third-order valence-corrected chi connectivity index (χ3v) is 3.43. The number of fused-ring (bicyclic) bond motifs is 1. The Morgan fingerprint density at radius 3 is 2.82 bits per heavy atom. The van der Waals surface area contributed by atoms with E-state index in [1.54, 1.807) is 0 Å². The summed E-state index contributed by atoms with van der Waals surface area (Å²) in [5.74, 6) is 2.99. The highest BCUT2D eigenvalue weighted by Gasteiger charge is 2.15. The third-order valence-electron chi connectivity index (χ3n) is 3.43. The van der Waals surface area contributed by atoms with Crippen LogP contribution in [0.3, 0.4) is 0 Å². The van der Waals surface area contributed by atoms with Gasteiger partial charge in [0, 0.05) is 6.54 Å². The number of furan rings is 1. The van der Waals surface area contributed by atoms with Crippen molar-refractivity contribution in [1.29, 1.82) is 0 Å². The first-order valence-electron chi connectivity index (χ1n) is 7.11. The molecule has 3 rings (SSSR count). The van der Waals surface area contributed by atoms with Crippen LogP contribution in [0.4, 0.5) is 4.79 Å². The second-order valence-electron chi connectivity index (χ2n) is 5.18. The van der Waals surface area contributed by atoms with Gasteiger partial charge in [0.15, 0.2) is 11.5 Å². The van der Waals surface area contributed by atoms with Crippen molar-refractivity contribution in [2.24, 2.45) is 0 Å². The molecule has 116 valence electrons. The Balaban J connectivity index is 1.52. The first-order valence-corrected chi connectivity index (χ1v) is 7.11. The molecular formula is C16H18N2O4. The Hall–Kier alpha value is -2.63. The minimum atomic E-state index is -0.251. The average molecular weight is 302 g/mol. The largest absolute Gasteiger partial charge is 0.464 e. The number of benzene rings is 1. The predicted octanol–water partition coefficient (Wildman–Crippen LogP) is 2.88. The van der Waals surface area contributed by atoms with Gasteiger partial charge in [-0.25, -0.2) is 4.79 Å². The van der Waals surface area contributed by atoms with Crippen LogP contribution < -0.4 is 20.1 Å². The van der Waals surface area contributed by atoms with Gasteiger partial charge in [-0.15, -0.1) is 0 Å². The van der Waals surface area contributed by atoms with Crippen LogP contribution in [-0.2, 0) is 6.54 Å². The topological polar surface area (TPSA) is 72.7 Å². The lowest BCUT2D eigenvalue weighted by Crippen LogP contribution is -2.36. The summed E-state index contributed by atoms with van der Waals surface area (Å²) in [4.78, 5) is 11.9. The van der Waals surface area contributed by atoms with Crippen molar-refractivity contribution in [3.63, 3.8) is 0 Å². The molecule has 0 saturated carbocycles. The quantitative estimate of drug-likeness (QED) is 0.911. The van der Waals surface area contributed by atoms with Gasteiger partial charge in [0.25, 0.3) is 0 Å². The number of hydrogen-bond acceptors (Lipinski definition) is 4. The van der Waals surface area contributed by atoms with Crippen LogP contribution in [-0.4, -0.2) is 12.8 Å². The highest BCUT2D eigenvalue weighted by molar-refractivity contribution is 5.74. The Morgan fingerprint density at radius 2 is 2.05 bits per heavy atom.